The lowest BCUT2D eigenvalue weighted by Crippen LogP contribution is -2.53. The van der Waals surface area contributed by atoms with Crippen molar-refractivity contribution < 1.29 is 38.4 Å². The Kier molecular flexibility index (Phi) is 11.9. The fourth-order valence-electron chi connectivity index (χ4n) is 6.11. The quantitative estimate of drug-likeness (QED) is 0.158. The second-order valence-electron chi connectivity index (χ2n) is 12.3. The molecule has 3 aromatic carbocycles. The number of nitrogens with one attached hydrogen (secondary N) is 2. The van der Waals surface area contributed by atoms with Gasteiger partial charge in [-0.15, -0.1) is 0 Å². The summed E-state index contributed by atoms with van der Waals surface area (Å²) in [5.74, 6) is 0.656. The molecule has 6 rings (SSSR count). The Bertz CT molecular complexity index is 1660. The van der Waals surface area contributed by atoms with Gasteiger partial charge in [-0.2, -0.15) is 0 Å². The first-order chi connectivity index (χ1) is 24.4. The molecule has 2 aliphatic heterocycles. The topological polar surface area (TPSA) is 141 Å². The molecule has 0 bridgehead atoms. The number of ether oxygens (including phenoxy) is 5. The third-order valence-corrected chi connectivity index (χ3v) is 8.82. The van der Waals surface area contributed by atoms with Crippen LogP contribution in [-0.2, 0) is 38.5 Å². The minimum Gasteiger partial charge on any atom is -0.497 e. The SMILES string of the molecule is COc1ccc(C[C@H](NC(=O)O[C@H]2CO[C@H]3OCC[C@H]32)[C@@H](O)CN(Cc2ccc(-c3cccnc3)cc2)NC(=O)OCc2ccccc2)cc1. The summed E-state index contributed by atoms with van der Waals surface area (Å²) in [5, 5.41) is 16.2. The number of hydrazine groups is 1. The van der Waals surface area contributed by atoms with Crippen molar-refractivity contribution in [2.24, 2.45) is 5.92 Å². The number of hydrogen-bond donors (Lipinski definition) is 3. The normalized spacial score (nSPS) is 19.3. The minimum absolute atomic E-state index is 0.0307. The Morgan fingerprint density at radius 1 is 0.920 bits per heavy atom. The molecule has 4 aromatic rings. The summed E-state index contributed by atoms with van der Waals surface area (Å²) in [6, 6.07) is 27.7. The average Bonchev–Trinajstić information content (AvgIpc) is 3.77. The van der Waals surface area contributed by atoms with E-state index in [0.717, 1.165) is 34.2 Å². The number of rotatable bonds is 14. The highest BCUT2D eigenvalue weighted by atomic mass is 16.7. The first kappa shape index (κ1) is 34.8. The molecule has 0 saturated carbocycles. The van der Waals surface area contributed by atoms with E-state index in [0.29, 0.717) is 12.4 Å². The number of pyridine rings is 1. The van der Waals surface area contributed by atoms with Crippen LogP contribution < -0.4 is 15.5 Å². The molecule has 262 valence electrons. The number of nitrogens with zero attached hydrogens (tertiary/aromatic N) is 2. The third kappa shape index (κ3) is 9.57. The molecule has 2 amide bonds. The summed E-state index contributed by atoms with van der Waals surface area (Å²) < 4.78 is 27.8. The molecular formula is C38H42N4O8. The van der Waals surface area contributed by atoms with Crippen LogP contribution in [0.5, 0.6) is 5.75 Å². The standard InChI is InChI=1S/C38H42N4O8/c1-46-31-15-11-26(12-16-31)20-33(40-37(44)50-35-25-48-36-32(35)17-19-47-36)34(43)23-42(41-38(45)49-24-28-6-3-2-4-7-28)22-27-9-13-29(14-10-27)30-8-5-18-39-21-30/h2-16,18,21,32-36,43H,17,19-20,22-25H2,1H3,(H,40,44)(H,41,45)/t32-,33-,34-,35-,36+/m0/s1. The lowest BCUT2D eigenvalue weighted by atomic mass is 10.0. The number of aromatic nitrogens is 1. The molecule has 50 heavy (non-hydrogen) atoms. The van der Waals surface area contributed by atoms with Crippen LogP contribution in [0.25, 0.3) is 11.1 Å². The number of methoxy groups -OCH3 is 1. The van der Waals surface area contributed by atoms with Crippen molar-refractivity contribution in [2.75, 3.05) is 26.9 Å². The van der Waals surface area contributed by atoms with Gasteiger partial charge in [-0.1, -0.05) is 72.8 Å². The van der Waals surface area contributed by atoms with Crippen LogP contribution in [0.2, 0.25) is 0 Å². The summed E-state index contributed by atoms with van der Waals surface area (Å²) in [5.41, 5.74) is 7.34. The van der Waals surface area contributed by atoms with Gasteiger partial charge >= 0.3 is 12.2 Å². The lowest BCUT2D eigenvalue weighted by molar-refractivity contribution is -0.0907. The summed E-state index contributed by atoms with van der Waals surface area (Å²) in [7, 11) is 1.59. The van der Waals surface area contributed by atoms with E-state index in [2.05, 4.69) is 15.7 Å². The van der Waals surface area contributed by atoms with Crippen molar-refractivity contribution >= 4 is 12.2 Å². The second kappa shape index (κ2) is 17.1. The van der Waals surface area contributed by atoms with Crippen molar-refractivity contribution in [3.63, 3.8) is 0 Å². The largest absolute Gasteiger partial charge is 0.497 e. The molecule has 0 spiro atoms. The molecule has 0 radical (unpaired) electrons. The minimum atomic E-state index is -1.14. The van der Waals surface area contributed by atoms with Crippen LogP contribution in [0.3, 0.4) is 0 Å². The zero-order chi connectivity index (χ0) is 34.7. The highest BCUT2D eigenvalue weighted by molar-refractivity contribution is 5.68. The van der Waals surface area contributed by atoms with Gasteiger partial charge in [-0.3, -0.25) is 10.4 Å². The molecule has 0 unspecified atom stereocenters. The summed E-state index contributed by atoms with van der Waals surface area (Å²) in [4.78, 5) is 30.5. The fraction of sp³-hybridized carbons (Fsp3) is 0.342. The number of aliphatic hydroxyl groups is 1. The van der Waals surface area contributed by atoms with Crippen LogP contribution in [0.15, 0.2) is 103 Å². The smallest absolute Gasteiger partial charge is 0.422 e. The van der Waals surface area contributed by atoms with Gasteiger partial charge < -0.3 is 34.1 Å². The molecule has 1 aromatic heterocycles. The van der Waals surface area contributed by atoms with Crippen LogP contribution in [0.1, 0.15) is 23.1 Å². The maximum absolute atomic E-state index is 13.2. The van der Waals surface area contributed by atoms with Crippen LogP contribution in [0, 0.1) is 5.92 Å². The summed E-state index contributed by atoms with van der Waals surface area (Å²) in [6.07, 6.45) is 1.23. The van der Waals surface area contributed by atoms with Gasteiger partial charge in [0.1, 0.15) is 18.5 Å². The van der Waals surface area contributed by atoms with Gasteiger partial charge in [0.05, 0.1) is 38.4 Å². The highest BCUT2D eigenvalue weighted by Crippen LogP contribution is 2.33. The van der Waals surface area contributed by atoms with Crippen molar-refractivity contribution in [3.8, 4) is 16.9 Å². The van der Waals surface area contributed by atoms with Crippen LogP contribution in [0.4, 0.5) is 9.59 Å². The Balaban J connectivity index is 1.17. The number of carbonyl (C=O) groups is 2. The molecule has 0 aliphatic carbocycles. The Labute approximate surface area is 291 Å². The van der Waals surface area contributed by atoms with E-state index in [-0.39, 0.29) is 44.9 Å². The zero-order valence-electron chi connectivity index (χ0n) is 27.9. The fourth-order valence-corrected chi connectivity index (χ4v) is 6.11. The maximum Gasteiger partial charge on any atom is 0.422 e. The number of benzene rings is 3. The van der Waals surface area contributed by atoms with Gasteiger partial charge in [0, 0.05) is 25.5 Å². The van der Waals surface area contributed by atoms with Crippen LogP contribution >= 0.6 is 0 Å². The number of alkyl carbamates (subject to hydrolysis) is 1. The zero-order valence-corrected chi connectivity index (χ0v) is 27.9. The first-order valence-electron chi connectivity index (χ1n) is 16.7. The molecular weight excluding hydrogens is 640 g/mol. The van der Waals surface area contributed by atoms with Crippen LogP contribution in [-0.4, -0.2) is 78.7 Å². The predicted molar refractivity (Wildman–Crippen MR) is 184 cm³/mol. The van der Waals surface area contributed by atoms with E-state index in [4.69, 9.17) is 23.7 Å². The average molecular weight is 683 g/mol. The van der Waals surface area contributed by atoms with Crippen molar-refractivity contribution in [2.45, 2.75) is 50.5 Å². The monoisotopic (exact) mass is 682 g/mol. The molecule has 3 heterocycles. The number of amides is 2. The molecule has 12 heteroatoms. The van der Waals surface area contributed by atoms with E-state index in [9.17, 15) is 14.7 Å². The molecule has 12 nitrogen and oxygen atoms in total. The number of fused-ring (bicyclic) bond motifs is 1. The number of hydrogen-bond acceptors (Lipinski definition) is 10. The molecule has 5 atom stereocenters. The van der Waals surface area contributed by atoms with E-state index < -0.39 is 30.4 Å². The lowest BCUT2D eigenvalue weighted by Gasteiger charge is -2.30. The number of aliphatic hydroxyl groups excluding tert-OH is 1. The second-order valence-corrected chi connectivity index (χ2v) is 12.3. The third-order valence-electron chi connectivity index (χ3n) is 8.82. The van der Waals surface area contributed by atoms with Gasteiger partial charge in [0.2, 0.25) is 0 Å². The predicted octanol–water partition coefficient (Wildman–Crippen LogP) is 4.86. The van der Waals surface area contributed by atoms with Crippen molar-refractivity contribution in [1.29, 1.82) is 0 Å². The molecule has 2 fully saturated rings. The molecule has 3 N–H and O–H groups in total. The van der Waals surface area contributed by atoms with Gasteiger partial charge in [0.25, 0.3) is 0 Å². The van der Waals surface area contributed by atoms with E-state index >= 15 is 0 Å². The van der Waals surface area contributed by atoms with E-state index in [1.807, 2.05) is 91.0 Å². The Morgan fingerprint density at radius 2 is 1.70 bits per heavy atom. The summed E-state index contributed by atoms with van der Waals surface area (Å²) >= 11 is 0. The van der Waals surface area contributed by atoms with Gasteiger partial charge in [0.15, 0.2) is 6.29 Å². The molecule has 2 saturated heterocycles. The van der Waals surface area contributed by atoms with E-state index in [1.165, 1.54) is 0 Å². The summed E-state index contributed by atoms with van der Waals surface area (Å²) in [6.45, 7) is 1.08. The van der Waals surface area contributed by atoms with Gasteiger partial charge in [-0.25, -0.2) is 14.6 Å². The van der Waals surface area contributed by atoms with Crippen molar-refractivity contribution in [3.05, 3.63) is 120 Å². The first-order valence-corrected chi connectivity index (χ1v) is 16.7. The maximum atomic E-state index is 13.2. The van der Waals surface area contributed by atoms with E-state index in [1.54, 1.807) is 24.5 Å². The van der Waals surface area contributed by atoms with Gasteiger partial charge in [-0.05, 0) is 58.9 Å². The van der Waals surface area contributed by atoms with Crippen molar-refractivity contribution in [1.82, 2.24) is 20.7 Å². The Hall–Kier alpha value is -5.01. The number of carbonyl (C=O) groups excluding carboxylic acids is 2. The highest BCUT2D eigenvalue weighted by Gasteiger charge is 2.44. The molecule has 2 aliphatic rings. The Morgan fingerprint density at radius 3 is 2.44 bits per heavy atom.